The number of rotatable bonds is 3. The van der Waals surface area contributed by atoms with E-state index in [1.54, 1.807) is 17.1 Å². The SMILES string of the molecule is Nc1ncnc2c1c1cc(-c3ccoc3)ccc1n2[C@@H]1O[C@H](CO)[C@@H](O)[C@H]1O. The van der Waals surface area contributed by atoms with Crippen LogP contribution in [0.3, 0.4) is 0 Å². The maximum atomic E-state index is 10.5. The number of aromatic nitrogens is 3. The zero-order valence-electron chi connectivity index (χ0n) is 14.6. The van der Waals surface area contributed by atoms with Crippen LogP contribution < -0.4 is 5.73 Å². The molecule has 0 aliphatic carbocycles. The summed E-state index contributed by atoms with van der Waals surface area (Å²) in [5.74, 6) is 0.296. The minimum Gasteiger partial charge on any atom is -0.472 e. The first-order chi connectivity index (χ1) is 13.6. The van der Waals surface area contributed by atoms with Crippen LogP contribution in [-0.2, 0) is 4.74 Å². The van der Waals surface area contributed by atoms with Gasteiger partial charge in [-0.25, -0.2) is 9.97 Å². The lowest BCUT2D eigenvalue weighted by Gasteiger charge is -2.18. The van der Waals surface area contributed by atoms with Gasteiger partial charge in [0.05, 0.1) is 30.0 Å². The van der Waals surface area contributed by atoms with Gasteiger partial charge in [-0.3, -0.25) is 4.57 Å². The molecule has 5 N–H and O–H groups in total. The van der Waals surface area contributed by atoms with Crippen molar-refractivity contribution in [2.45, 2.75) is 24.5 Å². The van der Waals surface area contributed by atoms with Crippen LogP contribution in [0.15, 0.2) is 47.5 Å². The number of ether oxygens (including phenoxy) is 1. The average Bonchev–Trinajstić information content (AvgIpc) is 3.40. The Bertz CT molecular complexity index is 1160. The van der Waals surface area contributed by atoms with Crippen LogP contribution in [0.25, 0.3) is 33.1 Å². The van der Waals surface area contributed by atoms with Crippen molar-refractivity contribution in [3.8, 4) is 11.1 Å². The second-order valence-corrected chi connectivity index (χ2v) is 6.80. The molecule has 28 heavy (non-hydrogen) atoms. The number of aliphatic hydroxyl groups excluding tert-OH is 3. The maximum Gasteiger partial charge on any atom is 0.165 e. The maximum absolute atomic E-state index is 10.5. The van der Waals surface area contributed by atoms with Gasteiger partial charge < -0.3 is 30.2 Å². The second kappa shape index (κ2) is 6.28. The van der Waals surface area contributed by atoms with Crippen LogP contribution in [0.5, 0.6) is 0 Å². The third-order valence-corrected chi connectivity index (χ3v) is 5.24. The van der Waals surface area contributed by atoms with Gasteiger partial charge in [-0.05, 0) is 23.8 Å². The number of nitrogens with two attached hydrogens (primary N) is 1. The molecule has 0 bridgehead atoms. The molecular formula is C19H18N4O5. The van der Waals surface area contributed by atoms with Crippen molar-refractivity contribution in [3.05, 3.63) is 43.1 Å². The fourth-order valence-electron chi connectivity index (χ4n) is 3.85. The summed E-state index contributed by atoms with van der Waals surface area (Å²) in [6.45, 7) is -0.409. The molecule has 0 amide bonds. The molecule has 4 atom stereocenters. The highest BCUT2D eigenvalue weighted by molar-refractivity contribution is 6.12. The molecule has 144 valence electrons. The lowest BCUT2D eigenvalue weighted by atomic mass is 10.1. The van der Waals surface area contributed by atoms with E-state index in [2.05, 4.69) is 9.97 Å². The number of benzene rings is 1. The van der Waals surface area contributed by atoms with Crippen LogP contribution >= 0.6 is 0 Å². The van der Waals surface area contributed by atoms with E-state index in [4.69, 9.17) is 14.9 Å². The van der Waals surface area contributed by atoms with E-state index in [0.29, 0.717) is 22.4 Å². The van der Waals surface area contributed by atoms with Crippen LogP contribution in [0.1, 0.15) is 6.23 Å². The Labute approximate surface area is 158 Å². The van der Waals surface area contributed by atoms with Crippen molar-refractivity contribution in [2.24, 2.45) is 0 Å². The van der Waals surface area contributed by atoms with Crippen molar-refractivity contribution in [3.63, 3.8) is 0 Å². The smallest absolute Gasteiger partial charge is 0.165 e. The molecule has 3 aromatic heterocycles. The molecule has 0 unspecified atom stereocenters. The average molecular weight is 382 g/mol. The van der Waals surface area contributed by atoms with Gasteiger partial charge in [-0.2, -0.15) is 0 Å². The predicted molar refractivity (Wildman–Crippen MR) is 100 cm³/mol. The normalized spacial score (nSPS) is 25.1. The third kappa shape index (κ3) is 2.34. The number of anilines is 1. The summed E-state index contributed by atoms with van der Waals surface area (Å²) < 4.78 is 12.6. The summed E-state index contributed by atoms with van der Waals surface area (Å²) in [4.78, 5) is 8.44. The van der Waals surface area contributed by atoms with Crippen molar-refractivity contribution in [1.29, 1.82) is 0 Å². The lowest BCUT2D eigenvalue weighted by Crippen LogP contribution is -2.33. The predicted octanol–water partition coefficient (Wildman–Crippen LogP) is 1.04. The highest BCUT2D eigenvalue weighted by Crippen LogP contribution is 2.39. The molecular weight excluding hydrogens is 364 g/mol. The molecule has 1 aromatic carbocycles. The molecule has 9 heteroatoms. The van der Waals surface area contributed by atoms with Gasteiger partial charge in [0.25, 0.3) is 0 Å². The third-order valence-electron chi connectivity index (χ3n) is 5.24. The van der Waals surface area contributed by atoms with E-state index in [-0.39, 0.29) is 0 Å². The molecule has 0 spiro atoms. The Kier molecular flexibility index (Phi) is 3.84. The molecule has 0 radical (unpaired) electrons. The highest BCUT2D eigenvalue weighted by atomic mass is 16.6. The Hall–Kier alpha value is -2.98. The van der Waals surface area contributed by atoms with E-state index in [1.165, 1.54) is 6.33 Å². The molecule has 1 aliphatic rings. The standard InChI is InChI=1S/C19H18N4O5/c20-17-14-11-5-9(10-3-4-27-7-10)1-2-12(11)23(18(14)22-8-21-17)19-16(26)15(25)13(6-24)28-19/h1-5,7-8,13,15-16,19,24-26H,6H2,(H2,20,21,22)/t13-,15-,16-,19-/m1/s1. The van der Waals surface area contributed by atoms with E-state index >= 15 is 0 Å². The van der Waals surface area contributed by atoms with Crippen molar-refractivity contribution in [2.75, 3.05) is 12.3 Å². The fourth-order valence-corrected chi connectivity index (χ4v) is 3.85. The second-order valence-electron chi connectivity index (χ2n) is 6.80. The topological polar surface area (TPSA) is 140 Å². The summed E-state index contributed by atoms with van der Waals surface area (Å²) in [5, 5.41) is 31.5. The number of hydrogen-bond donors (Lipinski definition) is 4. The number of furan rings is 1. The number of fused-ring (bicyclic) bond motifs is 3. The van der Waals surface area contributed by atoms with Crippen molar-refractivity contribution >= 4 is 27.8 Å². The number of hydrogen-bond acceptors (Lipinski definition) is 8. The molecule has 5 rings (SSSR count). The molecule has 0 saturated carbocycles. The Balaban J connectivity index is 1.78. The van der Waals surface area contributed by atoms with Gasteiger partial charge in [0.2, 0.25) is 0 Å². The van der Waals surface area contributed by atoms with Gasteiger partial charge in [0.1, 0.15) is 36.1 Å². The number of nitrogen functional groups attached to an aromatic ring is 1. The highest BCUT2D eigenvalue weighted by Gasteiger charge is 2.44. The summed E-state index contributed by atoms with van der Waals surface area (Å²) >= 11 is 0. The Morgan fingerprint density at radius 3 is 2.68 bits per heavy atom. The number of aliphatic hydroxyl groups is 3. The molecule has 4 aromatic rings. The van der Waals surface area contributed by atoms with Crippen molar-refractivity contribution < 1.29 is 24.5 Å². The van der Waals surface area contributed by atoms with Gasteiger partial charge in [-0.15, -0.1) is 0 Å². The van der Waals surface area contributed by atoms with Crippen LogP contribution in [0.2, 0.25) is 0 Å². The number of nitrogens with zero attached hydrogens (tertiary/aromatic N) is 3. The Morgan fingerprint density at radius 2 is 1.96 bits per heavy atom. The fraction of sp³-hybridized carbons (Fsp3) is 0.263. The van der Waals surface area contributed by atoms with Crippen molar-refractivity contribution in [1.82, 2.24) is 14.5 Å². The summed E-state index contributed by atoms with van der Waals surface area (Å²) in [7, 11) is 0. The quantitative estimate of drug-likeness (QED) is 0.412. The minimum absolute atomic E-state index is 0.296. The first-order valence-corrected chi connectivity index (χ1v) is 8.79. The molecule has 1 aliphatic heterocycles. The van der Waals surface area contributed by atoms with E-state index in [1.807, 2.05) is 24.3 Å². The van der Waals surface area contributed by atoms with E-state index in [0.717, 1.165) is 16.5 Å². The zero-order valence-corrected chi connectivity index (χ0v) is 14.6. The van der Waals surface area contributed by atoms with Gasteiger partial charge in [0, 0.05) is 10.9 Å². The first kappa shape index (κ1) is 17.1. The molecule has 9 nitrogen and oxygen atoms in total. The van der Waals surface area contributed by atoms with Crippen LogP contribution in [0, 0.1) is 0 Å². The summed E-state index contributed by atoms with van der Waals surface area (Å²) in [5.41, 5.74) is 9.16. The van der Waals surface area contributed by atoms with Gasteiger partial charge in [0.15, 0.2) is 6.23 Å². The van der Waals surface area contributed by atoms with E-state index in [9.17, 15) is 15.3 Å². The van der Waals surface area contributed by atoms with Crippen LogP contribution in [-0.4, -0.2) is 54.8 Å². The van der Waals surface area contributed by atoms with Gasteiger partial charge >= 0.3 is 0 Å². The molecule has 1 fully saturated rings. The Morgan fingerprint density at radius 1 is 1.11 bits per heavy atom. The summed E-state index contributed by atoms with van der Waals surface area (Å²) in [6, 6.07) is 7.58. The minimum atomic E-state index is -1.24. The summed E-state index contributed by atoms with van der Waals surface area (Å²) in [6.07, 6.45) is 0.308. The monoisotopic (exact) mass is 382 g/mol. The largest absolute Gasteiger partial charge is 0.472 e. The molecule has 4 heterocycles. The lowest BCUT2D eigenvalue weighted by molar-refractivity contribution is -0.0489. The van der Waals surface area contributed by atoms with Gasteiger partial charge in [-0.1, -0.05) is 6.07 Å². The van der Waals surface area contributed by atoms with E-state index < -0.39 is 31.1 Å². The molecule has 1 saturated heterocycles. The zero-order chi connectivity index (χ0) is 19.4. The van der Waals surface area contributed by atoms with Crippen LogP contribution in [0.4, 0.5) is 5.82 Å². The first-order valence-electron chi connectivity index (χ1n) is 8.79.